The Hall–Kier alpha value is -1.84. The summed E-state index contributed by atoms with van der Waals surface area (Å²) >= 11 is 0. The van der Waals surface area contributed by atoms with Crippen molar-refractivity contribution in [2.24, 2.45) is 0 Å². The minimum atomic E-state index is -0.942. The molecule has 1 aromatic rings. The van der Waals surface area contributed by atoms with Crippen molar-refractivity contribution in [1.82, 2.24) is 0 Å². The second-order valence-corrected chi connectivity index (χ2v) is 3.55. The largest absolute Gasteiger partial charge is 0.496 e. The predicted octanol–water partition coefficient (Wildman–Crippen LogP) is 2.80. The van der Waals surface area contributed by atoms with Gasteiger partial charge in [-0.15, -0.1) is 0 Å². The molecule has 1 aromatic carbocycles. The predicted molar refractivity (Wildman–Crippen MR) is 62.7 cm³/mol. The minimum Gasteiger partial charge on any atom is -0.496 e. The lowest BCUT2D eigenvalue weighted by molar-refractivity contribution is -0.132. The van der Waals surface area contributed by atoms with E-state index in [0.29, 0.717) is 29.7 Å². The van der Waals surface area contributed by atoms with Crippen LogP contribution in [0, 0.1) is 5.82 Å². The smallest absolute Gasteiger partial charge is 0.331 e. The summed E-state index contributed by atoms with van der Waals surface area (Å²) in [5, 5.41) is 8.86. The molecule has 0 aliphatic carbocycles. The molecule has 0 fully saturated rings. The number of methoxy groups -OCH3 is 1. The molecule has 0 amide bonds. The fraction of sp³-hybridized carbons (Fsp3) is 0.308. The standard InChI is InChI=1S/C13H15FO3/c1-3-9(13(15)16)4-5-10-8-11(14)6-7-12(10)17-2/h4,6-8H,3,5H2,1-2H3,(H,15,16). The maximum Gasteiger partial charge on any atom is 0.331 e. The van der Waals surface area contributed by atoms with Gasteiger partial charge in [-0.25, -0.2) is 9.18 Å². The number of benzene rings is 1. The number of ether oxygens (including phenoxy) is 1. The molecular weight excluding hydrogens is 223 g/mol. The van der Waals surface area contributed by atoms with Gasteiger partial charge < -0.3 is 9.84 Å². The quantitative estimate of drug-likeness (QED) is 0.802. The Morgan fingerprint density at radius 2 is 2.24 bits per heavy atom. The van der Waals surface area contributed by atoms with E-state index in [0.717, 1.165) is 0 Å². The molecule has 92 valence electrons. The van der Waals surface area contributed by atoms with Gasteiger partial charge in [0.05, 0.1) is 7.11 Å². The lowest BCUT2D eigenvalue weighted by Gasteiger charge is -2.06. The van der Waals surface area contributed by atoms with E-state index in [4.69, 9.17) is 9.84 Å². The number of halogens is 1. The van der Waals surface area contributed by atoms with Crippen molar-refractivity contribution < 1.29 is 19.0 Å². The summed E-state index contributed by atoms with van der Waals surface area (Å²) in [7, 11) is 1.50. The highest BCUT2D eigenvalue weighted by atomic mass is 19.1. The number of carboxylic acid groups (broad SMARTS) is 1. The van der Waals surface area contributed by atoms with Crippen LogP contribution in [0.2, 0.25) is 0 Å². The van der Waals surface area contributed by atoms with Crippen LogP contribution in [0.25, 0.3) is 0 Å². The van der Waals surface area contributed by atoms with E-state index in [1.54, 1.807) is 13.0 Å². The molecule has 0 unspecified atom stereocenters. The van der Waals surface area contributed by atoms with Crippen molar-refractivity contribution in [2.45, 2.75) is 19.8 Å². The second-order valence-electron chi connectivity index (χ2n) is 3.55. The fourth-order valence-corrected chi connectivity index (χ4v) is 1.52. The maximum atomic E-state index is 13.1. The lowest BCUT2D eigenvalue weighted by atomic mass is 10.1. The van der Waals surface area contributed by atoms with Gasteiger partial charge in [0.25, 0.3) is 0 Å². The summed E-state index contributed by atoms with van der Waals surface area (Å²) in [6, 6.07) is 4.19. The summed E-state index contributed by atoms with van der Waals surface area (Å²) in [5.74, 6) is -0.742. The van der Waals surface area contributed by atoms with Crippen LogP contribution in [0.3, 0.4) is 0 Å². The monoisotopic (exact) mass is 238 g/mol. The molecule has 4 heteroatoms. The van der Waals surface area contributed by atoms with Crippen molar-refractivity contribution >= 4 is 5.97 Å². The van der Waals surface area contributed by atoms with Gasteiger partial charge >= 0.3 is 5.97 Å². The van der Waals surface area contributed by atoms with E-state index in [1.165, 1.54) is 25.3 Å². The third kappa shape index (κ3) is 3.59. The molecule has 0 heterocycles. The third-order valence-corrected chi connectivity index (χ3v) is 2.47. The summed E-state index contributed by atoms with van der Waals surface area (Å²) in [6.07, 6.45) is 2.36. The minimum absolute atomic E-state index is 0.316. The summed E-state index contributed by atoms with van der Waals surface area (Å²) in [4.78, 5) is 10.8. The van der Waals surface area contributed by atoms with Gasteiger partial charge in [0, 0.05) is 11.1 Å². The average Bonchev–Trinajstić information content (AvgIpc) is 2.29. The third-order valence-electron chi connectivity index (χ3n) is 2.47. The molecule has 0 aliphatic rings. The van der Waals surface area contributed by atoms with Crippen LogP contribution in [0.15, 0.2) is 29.8 Å². The molecule has 0 saturated heterocycles. The van der Waals surface area contributed by atoms with E-state index in [1.807, 2.05) is 0 Å². The molecule has 1 rings (SSSR count). The molecule has 0 aliphatic heterocycles. The second kappa shape index (κ2) is 6.03. The van der Waals surface area contributed by atoms with Gasteiger partial charge in [-0.1, -0.05) is 13.0 Å². The summed E-state index contributed by atoms with van der Waals surface area (Å²) in [5.41, 5.74) is 0.955. The Morgan fingerprint density at radius 1 is 1.53 bits per heavy atom. The van der Waals surface area contributed by atoms with Crippen LogP contribution in [0.4, 0.5) is 4.39 Å². The average molecular weight is 238 g/mol. The Labute approximate surface area is 99.5 Å². The zero-order valence-electron chi connectivity index (χ0n) is 9.87. The molecule has 0 aromatic heterocycles. The number of carboxylic acids is 1. The Bertz CT molecular complexity index is 438. The van der Waals surface area contributed by atoms with Crippen LogP contribution in [0.1, 0.15) is 18.9 Å². The molecule has 1 N–H and O–H groups in total. The topological polar surface area (TPSA) is 46.5 Å². The molecule has 0 radical (unpaired) electrons. The lowest BCUT2D eigenvalue weighted by Crippen LogP contribution is -2.00. The normalized spacial score (nSPS) is 11.4. The molecule has 3 nitrogen and oxygen atoms in total. The summed E-state index contributed by atoms with van der Waals surface area (Å²) in [6.45, 7) is 1.77. The first-order valence-corrected chi connectivity index (χ1v) is 5.33. The number of carbonyl (C=O) groups is 1. The Morgan fingerprint density at radius 3 is 2.76 bits per heavy atom. The van der Waals surface area contributed by atoms with Gasteiger partial charge in [-0.3, -0.25) is 0 Å². The molecule has 0 bridgehead atoms. The van der Waals surface area contributed by atoms with Crippen LogP contribution in [-0.4, -0.2) is 18.2 Å². The molecular formula is C13H15FO3. The van der Waals surface area contributed by atoms with Crippen molar-refractivity contribution in [3.05, 3.63) is 41.2 Å². The molecule has 0 atom stereocenters. The zero-order valence-corrected chi connectivity index (χ0v) is 9.87. The SMILES string of the molecule is CCC(=CCc1cc(F)ccc1OC)C(=O)O. The van der Waals surface area contributed by atoms with Gasteiger partial charge in [0.15, 0.2) is 0 Å². The van der Waals surface area contributed by atoms with Crippen molar-refractivity contribution in [3.8, 4) is 5.75 Å². The first-order valence-electron chi connectivity index (χ1n) is 5.33. The van der Waals surface area contributed by atoms with Crippen LogP contribution < -0.4 is 4.74 Å². The fourth-order valence-electron chi connectivity index (χ4n) is 1.52. The van der Waals surface area contributed by atoms with Gasteiger partial charge in [-0.05, 0) is 31.0 Å². The van der Waals surface area contributed by atoms with Gasteiger partial charge in [0.2, 0.25) is 0 Å². The highest BCUT2D eigenvalue weighted by Crippen LogP contribution is 2.20. The van der Waals surface area contributed by atoms with Crippen molar-refractivity contribution in [2.75, 3.05) is 7.11 Å². The van der Waals surface area contributed by atoms with Crippen LogP contribution in [-0.2, 0) is 11.2 Å². The van der Waals surface area contributed by atoms with Crippen molar-refractivity contribution in [1.29, 1.82) is 0 Å². The van der Waals surface area contributed by atoms with Crippen LogP contribution >= 0.6 is 0 Å². The molecule has 17 heavy (non-hydrogen) atoms. The van der Waals surface area contributed by atoms with Gasteiger partial charge in [-0.2, -0.15) is 0 Å². The highest BCUT2D eigenvalue weighted by Gasteiger charge is 2.07. The van der Waals surface area contributed by atoms with E-state index in [2.05, 4.69) is 0 Å². The number of aliphatic carboxylic acids is 1. The molecule has 0 saturated carbocycles. The zero-order chi connectivity index (χ0) is 12.8. The highest BCUT2D eigenvalue weighted by molar-refractivity contribution is 5.86. The number of hydrogen-bond acceptors (Lipinski definition) is 2. The maximum absolute atomic E-state index is 13.1. The first kappa shape index (κ1) is 13.2. The summed E-state index contributed by atoms with van der Waals surface area (Å²) < 4.78 is 18.1. The number of allylic oxidation sites excluding steroid dienone is 1. The molecule has 0 spiro atoms. The Kier molecular flexibility index (Phi) is 4.69. The first-order chi connectivity index (χ1) is 8.08. The number of rotatable bonds is 5. The van der Waals surface area contributed by atoms with E-state index < -0.39 is 5.97 Å². The van der Waals surface area contributed by atoms with Crippen molar-refractivity contribution in [3.63, 3.8) is 0 Å². The number of hydrogen-bond donors (Lipinski definition) is 1. The van der Waals surface area contributed by atoms with Gasteiger partial charge in [0.1, 0.15) is 11.6 Å². The van der Waals surface area contributed by atoms with Crippen LogP contribution in [0.5, 0.6) is 5.75 Å². The Balaban J connectivity index is 2.94. The van der Waals surface area contributed by atoms with E-state index in [9.17, 15) is 9.18 Å². The van der Waals surface area contributed by atoms with E-state index >= 15 is 0 Å². The van der Waals surface area contributed by atoms with E-state index in [-0.39, 0.29) is 5.82 Å².